The lowest BCUT2D eigenvalue weighted by atomic mass is 9.90. The number of hydrogen-bond donors (Lipinski definition) is 6. The first-order chi connectivity index (χ1) is 34.7. The van der Waals surface area contributed by atoms with Crippen molar-refractivity contribution in [1.29, 1.82) is 0 Å². The third kappa shape index (κ3) is 22.5. The van der Waals surface area contributed by atoms with Crippen LogP contribution in [0.15, 0.2) is 53.6 Å². The van der Waals surface area contributed by atoms with E-state index in [-0.39, 0.29) is 43.9 Å². The van der Waals surface area contributed by atoms with E-state index in [0.717, 1.165) is 4.90 Å². The number of ether oxygens (including phenoxy) is 3. The fourth-order valence-corrected chi connectivity index (χ4v) is 8.37. The first-order valence-electron chi connectivity index (χ1n) is 25.5. The Labute approximate surface area is 436 Å². The third-order valence-corrected chi connectivity index (χ3v) is 13.4. The highest BCUT2D eigenvalue weighted by Crippen LogP contribution is 2.36. The number of amides is 6. The van der Waals surface area contributed by atoms with Gasteiger partial charge in [-0.15, -0.1) is 0 Å². The number of alkyl carbamates (subject to hydrolysis) is 1. The second kappa shape index (κ2) is 32.0. The Morgan fingerprint density at radius 1 is 0.892 bits per heavy atom. The largest absolute Gasteiger partial charge is 0.469 e. The van der Waals surface area contributed by atoms with E-state index >= 15 is 0 Å². The van der Waals surface area contributed by atoms with E-state index in [9.17, 15) is 42.9 Å². The Kier molecular flexibility index (Phi) is 27.8. The number of allylic oxidation sites excluding steroid dienone is 1. The number of nitrogens with zero attached hydrogens (tertiary/aromatic N) is 2. The van der Waals surface area contributed by atoms with Crippen molar-refractivity contribution in [3.63, 3.8) is 0 Å². The van der Waals surface area contributed by atoms with E-state index in [1.54, 1.807) is 64.1 Å². The molecule has 6 N–H and O–H groups in total. The maximum absolute atomic E-state index is 14.3. The minimum absolute atomic E-state index is 0.0508. The van der Waals surface area contributed by atoms with Gasteiger partial charge >= 0.3 is 25.9 Å². The zero-order chi connectivity index (χ0) is 55.9. The minimum Gasteiger partial charge on any atom is -0.456 e. The van der Waals surface area contributed by atoms with E-state index in [4.69, 9.17) is 24.0 Å². The van der Waals surface area contributed by atoms with E-state index in [1.807, 2.05) is 20.8 Å². The molecule has 0 saturated carbocycles. The molecule has 1 unspecified atom stereocenters. The average Bonchev–Trinajstić information content (AvgIpc) is 3.34. The molecule has 416 valence electrons. The molecule has 0 fully saturated rings. The summed E-state index contributed by atoms with van der Waals surface area (Å²) in [5, 5.41) is 10.8. The molecule has 1 heterocycles. The molecule has 0 spiro atoms. The first-order valence-corrected chi connectivity index (χ1v) is 27.0. The van der Waals surface area contributed by atoms with Gasteiger partial charge in [-0.1, -0.05) is 103 Å². The van der Waals surface area contributed by atoms with Gasteiger partial charge in [0.2, 0.25) is 23.6 Å². The van der Waals surface area contributed by atoms with Crippen molar-refractivity contribution in [2.45, 2.75) is 170 Å². The summed E-state index contributed by atoms with van der Waals surface area (Å²) >= 11 is 0. The SMILES string of the molecule is C/C=C(\C)[C@H]1OC(=O)[C@@H](C)NC(=O)[C@H](C(C)CC)NC(=O)CN(C)C(=O)[C@@H](Cc2ccccc2)N(C)C(=O)[C@H](C)NC(=O)[C@@H](CC(C)C)OC(=O)/C(C)=C/C[C@H](OC(=O)NCCCCCCCOP(=O)(O)O)[C@@H]1C. The monoisotopic (exact) mass is 1060 g/mol. The molecule has 1 aromatic carbocycles. The van der Waals surface area contributed by atoms with Crippen LogP contribution in [0.1, 0.15) is 126 Å². The van der Waals surface area contributed by atoms with Crippen molar-refractivity contribution >= 4 is 55.4 Å². The Hall–Kier alpha value is -5.63. The van der Waals surface area contributed by atoms with Gasteiger partial charge in [0, 0.05) is 45.0 Å². The van der Waals surface area contributed by atoms with Crippen LogP contribution >= 0.6 is 7.82 Å². The molecule has 1 aliphatic rings. The van der Waals surface area contributed by atoms with Crippen LogP contribution in [0, 0.1) is 17.8 Å². The van der Waals surface area contributed by atoms with E-state index in [0.29, 0.717) is 49.7 Å². The molecule has 74 heavy (non-hydrogen) atoms. The number of rotatable bonds is 17. The summed E-state index contributed by atoms with van der Waals surface area (Å²) in [4.78, 5) is 131. The van der Waals surface area contributed by atoms with Crippen LogP contribution in [0.25, 0.3) is 0 Å². The van der Waals surface area contributed by atoms with Gasteiger partial charge in [0.1, 0.15) is 36.4 Å². The molecule has 0 radical (unpaired) electrons. The van der Waals surface area contributed by atoms with Crippen molar-refractivity contribution in [2.24, 2.45) is 17.8 Å². The van der Waals surface area contributed by atoms with E-state index in [2.05, 4.69) is 25.8 Å². The van der Waals surface area contributed by atoms with Crippen molar-refractivity contribution < 1.29 is 71.4 Å². The molecule has 22 heteroatoms. The Bertz CT molecular complexity index is 2150. The van der Waals surface area contributed by atoms with Crippen LogP contribution in [0.5, 0.6) is 0 Å². The molecule has 6 amide bonds. The molecule has 0 bridgehead atoms. The van der Waals surface area contributed by atoms with Crippen LogP contribution in [-0.4, -0.2) is 143 Å². The van der Waals surface area contributed by atoms with Crippen molar-refractivity contribution in [2.75, 3.05) is 33.8 Å². The maximum atomic E-state index is 14.3. The molecule has 0 aromatic heterocycles. The number of unbranched alkanes of at least 4 members (excludes halogenated alkanes) is 4. The zero-order valence-corrected chi connectivity index (χ0v) is 46.2. The lowest BCUT2D eigenvalue weighted by molar-refractivity contribution is -0.155. The third-order valence-electron chi connectivity index (χ3n) is 12.9. The highest BCUT2D eigenvalue weighted by Gasteiger charge is 2.38. The highest BCUT2D eigenvalue weighted by molar-refractivity contribution is 7.46. The van der Waals surface area contributed by atoms with Crippen LogP contribution < -0.4 is 21.3 Å². The van der Waals surface area contributed by atoms with Crippen LogP contribution in [0.4, 0.5) is 4.79 Å². The smallest absolute Gasteiger partial charge is 0.456 e. The minimum atomic E-state index is -4.53. The molecule has 0 saturated heterocycles. The fraction of sp³-hybridized carbons (Fsp3) is 0.654. The van der Waals surface area contributed by atoms with Gasteiger partial charge in [-0.25, -0.2) is 18.9 Å². The molecule has 1 aromatic rings. The molecule has 0 aliphatic carbocycles. The van der Waals surface area contributed by atoms with Crippen LogP contribution in [0.2, 0.25) is 0 Å². The molecular formula is C52H83N6O15P. The number of esters is 2. The van der Waals surface area contributed by atoms with Crippen molar-refractivity contribution in [1.82, 2.24) is 31.1 Å². The summed E-state index contributed by atoms with van der Waals surface area (Å²) in [6.07, 6.45) is 2.56. The number of benzene rings is 1. The number of hydrogen-bond acceptors (Lipinski definition) is 13. The normalized spacial score (nSPS) is 25.5. The number of phosphoric ester groups is 1. The molecule has 21 nitrogen and oxygen atoms in total. The summed E-state index contributed by atoms with van der Waals surface area (Å²) in [5.74, 6) is -6.40. The number of cyclic esters (lactones) is 2. The lowest BCUT2D eigenvalue weighted by Gasteiger charge is -2.33. The van der Waals surface area contributed by atoms with Gasteiger partial charge in [0.15, 0.2) is 6.10 Å². The number of carbonyl (C=O) groups excluding carboxylic acids is 8. The summed E-state index contributed by atoms with van der Waals surface area (Å²) < 4.78 is 33.2. The van der Waals surface area contributed by atoms with Gasteiger partial charge in [-0.2, -0.15) is 0 Å². The van der Waals surface area contributed by atoms with Gasteiger partial charge in [0.05, 0.1) is 13.2 Å². The van der Waals surface area contributed by atoms with Crippen molar-refractivity contribution in [3.05, 3.63) is 59.2 Å². The lowest BCUT2D eigenvalue weighted by Crippen LogP contribution is -2.57. The highest BCUT2D eigenvalue weighted by atomic mass is 31.2. The predicted octanol–water partition coefficient (Wildman–Crippen LogP) is 5.03. The number of carbonyl (C=O) groups is 8. The van der Waals surface area contributed by atoms with Crippen molar-refractivity contribution in [3.8, 4) is 0 Å². The Balaban J connectivity index is 2.61. The molecular weight excluding hydrogens is 980 g/mol. The molecule has 1 aliphatic heterocycles. The number of likely N-dealkylation sites (N-methyl/N-ethyl adjacent to an activating group) is 2. The number of phosphoric acid groups is 1. The van der Waals surface area contributed by atoms with E-state index in [1.165, 1.54) is 45.8 Å². The van der Waals surface area contributed by atoms with E-state index < -0.39 is 116 Å². The van der Waals surface area contributed by atoms with Gasteiger partial charge in [-0.3, -0.25) is 28.5 Å². The first kappa shape index (κ1) is 64.5. The standard InChI is InChI=1S/C52H83N6O15P/c1-13-33(5)44-47(61)55-38(10)51(65)73-45(34(6)14-2)36(8)41(72-52(66)53-27-21-16-15-17-22-28-70-74(67,68)69)26-25-35(7)50(64)71-42(29-32(3)4)46(60)54-37(9)48(62)58(12)40(30-39-23-19-18-20-24-39)49(63)57(11)31-43(59)56-44/h14,18-20,23-25,32-33,36-38,40-42,44-45H,13,15-17,21-22,26-31H2,1-12H3,(H,53,66)(H,54,60)(H,55,61)(H,56,59)(H2,67,68,69)/b34-14+,35-25+/t33?,36-,37-,38+,40+,41-,42+,44-,45+/m0/s1. The molecule has 2 rings (SSSR count). The van der Waals surface area contributed by atoms with Gasteiger partial charge in [0.25, 0.3) is 5.91 Å². The predicted molar refractivity (Wildman–Crippen MR) is 276 cm³/mol. The van der Waals surface area contributed by atoms with Gasteiger partial charge < -0.3 is 55.1 Å². The second-order valence-corrected chi connectivity index (χ2v) is 20.8. The topological polar surface area (TPSA) is 286 Å². The van der Waals surface area contributed by atoms with Gasteiger partial charge in [-0.05, 0) is 76.9 Å². The summed E-state index contributed by atoms with van der Waals surface area (Å²) in [6, 6.07) is 4.20. The summed E-state index contributed by atoms with van der Waals surface area (Å²) in [5.41, 5.74) is 1.35. The fourth-order valence-electron chi connectivity index (χ4n) is 8.00. The van der Waals surface area contributed by atoms with Crippen LogP contribution in [0.3, 0.4) is 0 Å². The quantitative estimate of drug-likeness (QED) is 0.0392. The second-order valence-electron chi connectivity index (χ2n) is 19.6. The Morgan fingerprint density at radius 3 is 2.12 bits per heavy atom. The number of nitrogens with one attached hydrogen (secondary N) is 4. The zero-order valence-electron chi connectivity index (χ0n) is 45.3. The molecule has 9 atom stereocenters. The Morgan fingerprint density at radius 2 is 1.51 bits per heavy atom. The average molecular weight is 1060 g/mol. The summed E-state index contributed by atoms with van der Waals surface area (Å²) in [7, 11) is -1.72. The summed E-state index contributed by atoms with van der Waals surface area (Å²) in [6.45, 7) is 16.4. The maximum Gasteiger partial charge on any atom is 0.469 e. The van der Waals surface area contributed by atoms with Crippen LogP contribution in [-0.2, 0) is 63.3 Å².